The highest BCUT2D eigenvalue weighted by atomic mass is 19.1. The summed E-state index contributed by atoms with van der Waals surface area (Å²) in [5.74, 6) is -0.167. The van der Waals surface area contributed by atoms with Gasteiger partial charge in [-0.3, -0.25) is 0 Å². The van der Waals surface area contributed by atoms with Gasteiger partial charge >= 0.3 is 0 Å². The minimum Gasteiger partial charge on any atom is -0.423 e. The maximum absolute atomic E-state index is 12.8. The molecule has 0 unspecified atom stereocenters. The molecule has 0 spiro atoms. The van der Waals surface area contributed by atoms with E-state index in [0.717, 1.165) is 0 Å². The fourth-order valence-corrected chi connectivity index (χ4v) is 1.00. The largest absolute Gasteiger partial charge is 0.423 e. The second kappa shape index (κ2) is 3.01. The Balaban J connectivity index is 2.57. The zero-order chi connectivity index (χ0) is 9.26. The summed E-state index contributed by atoms with van der Waals surface area (Å²) in [4.78, 5) is 0. The first kappa shape index (κ1) is 7.98. The van der Waals surface area contributed by atoms with Crippen molar-refractivity contribution >= 4 is 13.3 Å². The first-order valence-corrected chi connectivity index (χ1v) is 3.59. The van der Waals surface area contributed by atoms with Gasteiger partial charge in [-0.2, -0.15) is 0 Å². The minimum absolute atomic E-state index is 0.219. The monoisotopic (exact) mass is 174 g/mol. The van der Waals surface area contributed by atoms with Gasteiger partial charge in [0.2, 0.25) is 12.3 Å². The van der Waals surface area contributed by atoms with Crippen LogP contribution >= 0.6 is 0 Å². The molecule has 0 bridgehead atoms. The molecule has 0 saturated carbocycles. The van der Waals surface area contributed by atoms with E-state index in [1.165, 1.54) is 24.6 Å². The molecule has 2 radical (unpaired) electrons. The molecule has 0 aliphatic rings. The van der Waals surface area contributed by atoms with E-state index in [1.54, 1.807) is 0 Å². The highest BCUT2D eigenvalue weighted by Crippen LogP contribution is 2.13. The Morgan fingerprint density at radius 1 is 1.38 bits per heavy atom. The van der Waals surface area contributed by atoms with Gasteiger partial charge in [0.15, 0.2) is 0 Å². The number of hydrogen-bond acceptors (Lipinski definition) is 3. The minimum atomic E-state index is -0.387. The molecule has 5 heteroatoms. The molecule has 62 valence electrons. The molecule has 0 aliphatic heterocycles. The fraction of sp³-hybridized carbons (Fsp3) is 0. The Hall–Kier alpha value is -1.65. The van der Waals surface area contributed by atoms with Crippen LogP contribution in [-0.4, -0.2) is 18.0 Å². The topological polar surface area (TPSA) is 38.9 Å². The molecule has 0 N–H and O–H groups in total. The summed E-state index contributed by atoms with van der Waals surface area (Å²) in [5.41, 5.74) is 0.822. The van der Waals surface area contributed by atoms with Crippen LogP contribution in [0.2, 0.25) is 0 Å². The summed E-state index contributed by atoms with van der Waals surface area (Å²) in [6.07, 6.45) is 1.17. The maximum Gasteiger partial charge on any atom is 0.246 e. The lowest BCUT2D eigenvalue weighted by atomic mass is 9.90. The van der Waals surface area contributed by atoms with Gasteiger partial charge in [-0.25, -0.2) is 4.39 Å². The van der Waals surface area contributed by atoms with Crippen molar-refractivity contribution in [2.24, 2.45) is 0 Å². The molecule has 2 rings (SSSR count). The van der Waals surface area contributed by atoms with Crippen molar-refractivity contribution < 1.29 is 8.81 Å². The highest BCUT2D eigenvalue weighted by Gasteiger charge is 2.07. The molecule has 1 aromatic heterocycles. The van der Waals surface area contributed by atoms with Crippen LogP contribution in [0.1, 0.15) is 0 Å². The van der Waals surface area contributed by atoms with Crippen LogP contribution in [-0.2, 0) is 0 Å². The second-order valence-electron chi connectivity index (χ2n) is 2.48. The van der Waals surface area contributed by atoms with Gasteiger partial charge in [0.1, 0.15) is 13.7 Å². The predicted octanol–water partition coefficient (Wildman–Crippen LogP) is 0.669. The zero-order valence-corrected chi connectivity index (χ0v) is 6.57. The van der Waals surface area contributed by atoms with E-state index >= 15 is 0 Å². The van der Waals surface area contributed by atoms with Crippen LogP contribution in [0.25, 0.3) is 11.5 Å². The first-order valence-electron chi connectivity index (χ1n) is 3.59. The van der Waals surface area contributed by atoms with E-state index in [-0.39, 0.29) is 11.7 Å². The SMILES string of the molecule is [B]c1ccc(F)cc1-c1nnco1. The maximum atomic E-state index is 12.8. The van der Waals surface area contributed by atoms with Crippen LogP contribution in [0.15, 0.2) is 29.0 Å². The van der Waals surface area contributed by atoms with Gasteiger partial charge in [-0.05, 0) is 12.1 Å². The summed E-state index contributed by atoms with van der Waals surface area (Å²) in [5, 5.41) is 7.10. The quantitative estimate of drug-likeness (QED) is 0.596. The van der Waals surface area contributed by atoms with Crippen LogP contribution in [0.5, 0.6) is 0 Å². The molecule has 0 saturated heterocycles. The average molecular weight is 174 g/mol. The molecule has 0 amide bonds. The molecule has 2 aromatic rings. The molecule has 0 atom stereocenters. The van der Waals surface area contributed by atoms with Crippen LogP contribution in [0.3, 0.4) is 0 Å². The third kappa shape index (κ3) is 1.45. The average Bonchev–Trinajstić information content (AvgIpc) is 2.61. The van der Waals surface area contributed by atoms with Crippen LogP contribution < -0.4 is 5.46 Å². The van der Waals surface area contributed by atoms with Crippen LogP contribution in [0.4, 0.5) is 4.39 Å². The molecule has 0 aliphatic carbocycles. The molecule has 1 heterocycles. The first-order chi connectivity index (χ1) is 6.27. The van der Waals surface area contributed by atoms with E-state index in [0.29, 0.717) is 11.0 Å². The molecule has 1 aromatic carbocycles. The predicted molar refractivity (Wildman–Crippen MR) is 45.1 cm³/mol. The summed E-state index contributed by atoms with van der Waals surface area (Å²) in [6.45, 7) is 0. The van der Waals surface area contributed by atoms with E-state index in [4.69, 9.17) is 12.3 Å². The van der Waals surface area contributed by atoms with E-state index in [1.807, 2.05) is 0 Å². The van der Waals surface area contributed by atoms with Crippen molar-refractivity contribution in [3.05, 3.63) is 30.4 Å². The lowest BCUT2D eigenvalue weighted by Crippen LogP contribution is -2.06. The number of rotatable bonds is 1. The standard InChI is InChI=1S/C8H4BFN2O/c9-7-2-1-5(10)3-6(7)8-12-11-4-13-8/h1-4H. The zero-order valence-electron chi connectivity index (χ0n) is 6.57. The van der Waals surface area contributed by atoms with Crippen molar-refractivity contribution in [2.75, 3.05) is 0 Å². The van der Waals surface area contributed by atoms with Crippen LogP contribution in [0, 0.1) is 5.82 Å². The number of benzene rings is 1. The summed E-state index contributed by atoms with van der Waals surface area (Å²) < 4.78 is 17.7. The van der Waals surface area contributed by atoms with Gasteiger partial charge in [0.05, 0.1) is 0 Å². The van der Waals surface area contributed by atoms with E-state index < -0.39 is 0 Å². The summed E-state index contributed by atoms with van der Waals surface area (Å²) in [7, 11) is 5.59. The Morgan fingerprint density at radius 2 is 2.23 bits per heavy atom. The number of nitrogens with zero attached hydrogens (tertiary/aromatic N) is 2. The smallest absolute Gasteiger partial charge is 0.246 e. The Morgan fingerprint density at radius 3 is 2.92 bits per heavy atom. The Bertz CT molecular complexity index is 416. The lowest BCUT2D eigenvalue weighted by molar-refractivity contribution is 0.567. The van der Waals surface area contributed by atoms with Crippen molar-refractivity contribution in [3.63, 3.8) is 0 Å². The van der Waals surface area contributed by atoms with Gasteiger partial charge in [-0.15, -0.1) is 10.2 Å². The molecule has 0 fully saturated rings. The van der Waals surface area contributed by atoms with Crippen molar-refractivity contribution in [2.45, 2.75) is 0 Å². The summed E-state index contributed by atoms with van der Waals surface area (Å²) in [6, 6.07) is 3.98. The second-order valence-corrected chi connectivity index (χ2v) is 2.48. The van der Waals surface area contributed by atoms with E-state index in [2.05, 4.69) is 10.2 Å². The number of aromatic nitrogens is 2. The fourth-order valence-electron chi connectivity index (χ4n) is 1.00. The lowest BCUT2D eigenvalue weighted by Gasteiger charge is -1.99. The highest BCUT2D eigenvalue weighted by molar-refractivity contribution is 6.35. The molecular formula is C8H4BFN2O. The third-order valence-corrected chi connectivity index (χ3v) is 1.61. The van der Waals surface area contributed by atoms with Gasteiger partial charge in [-0.1, -0.05) is 11.5 Å². The Kier molecular flexibility index (Phi) is 1.85. The normalized spacial score (nSPS) is 10.2. The van der Waals surface area contributed by atoms with Gasteiger partial charge in [0.25, 0.3) is 0 Å². The van der Waals surface area contributed by atoms with E-state index in [9.17, 15) is 4.39 Å². The van der Waals surface area contributed by atoms with Gasteiger partial charge in [0, 0.05) is 5.56 Å². The van der Waals surface area contributed by atoms with Gasteiger partial charge < -0.3 is 4.42 Å². The van der Waals surface area contributed by atoms with Crippen molar-refractivity contribution in [3.8, 4) is 11.5 Å². The molecule has 13 heavy (non-hydrogen) atoms. The Labute approximate surface area is 75.0 Å². The third-order valence-electron chi connectivity index (χ3n) is 1.61. The molecular weight excluding hydrogens is 170 g/mol. The number of hydrogen-bond donors (Lipinski definition) is 0. The van der Waals surface area contributed by atoms with Crippen molar-refractivity contribution in [1.82, 2.24) is 10.2 Å². The molecule has 3 nitrogen and oxygen atoms in total. The van der Waals surface area contributed by atoms with Crippen molar-refractivity contribution in [1.29, 1.82) is 0 Å². The summed E-state index contributed by atoms with van der Waals surface area (Å²) >= 11 is 0. The number of halogens is 1.